The van der Waals surface area contributed by atoms with Crippen LogP contribution < -0.4 is 45.7 Å². The molecule has 8 fully saturated rings. The van der Waals surface area contributed by atoms with Crippen LogP contribution in [0.4, 0.5) is 18.4 Å². The van der Waals surface area contributed by atoms with Crippen molar-refractivity contribution in [2.75, 3.05) is 52.3 Å². The van der Waals surface area contributed by atoms with Crippen molar-refractivity contribution in [3.63, 3.8) is 0 Å². The quantitative estimate of drug-likeness (QED) is 0.0174. The van der Waals surface area contributed by atoms with Crippen molar-refractivity contribution >= 4 is 151 Å². The maximum Gasteiger partial charge on any atom is 2.00 e. The van der Waals surface area contributed by atoms with E-state index in [1.807, 2.05) is 27.7 Å². The molecule has 6 N–H and O–H groups in total. The average Bonchev–Trinajstić information content (AvgIpc) is 1.62. The Morgan fingerprint density at radius 3 is 1.28 bits per heavy atom. The summed E-state index contributed by atoms with van der Waals surface area (Å²) in [7, 11) is -3.92. The SMILES string of the molecule is C1CCOC1.C1CCOC1.CCNC(=O)OC(C)(C)C.C[C-](C)C.C[C-](C)C.C[C@@H]1[C@@H](CO)O[C@@H](N2C=CC(=O)CC2=O)[C@]1(C)F.C[C@H](C[P@@](=O)(OC[C@H]1O[C@@H](N2C=CC(=O)CC2=O)[C@](C)(F)[C@@H]1C)Oc1ccccc1)C(=O)OC1CCC1.C[C@H](N)C(=O)OC1CCC1.C[C@H](NC(=O)OC(C)(C)C)C(=O)OC1CCC1.Cl.Cl.Cl.O=C=O.OC1CCC1.[2H]C#C.[2H]CC.[Cl-].[Cl-].[Mg+2].[Mg+2]. The summed E-state index contributed by atoms with van der Waals surface area (Å²) in [4.78, 5) is 122. The molecule has 4 aliphatic carbocycles. The number of rotatable bonds is 18. The largest absolute Gasteiger partial charge is 2.00 e. The summed E-state index contributed by atoms with van der Waals surface area (Å²) < 4.78 is 114. The molecular weight excluding hydrogens is 1830 g/mol. The number of hydrogen-bond acceptors (Lipinski definition) is 26. The van der Waals surface area contributed by atoms with Gasteiger partial charge in [0.25, 0.3) is 0 Å². The number of hydrogen-bond donors (Lipinski definition) is 5. The van der Waals surface area contributed by atoms with E-state index in [0.717, 1.165) is 100 Å². The number of esters is 3. The Hall–Kier alpha value is -4.58. The van der Waals surface area contributed by atoms with Crippen LogP contribution >= 0.6 is 44.8 Å². The molecule has 6 aliphatic heterocycles. The van der Waals surface area contributed by atoms with Crippen LogP contribution in [-0.2, 0) is 94.9 Å². The first-order chi connectivity index (χ1) is 57.9. The Morgan fingerprint density at radius 1 is 0.659 bits per heavy atom. The summed E-state index contributed by atoms with van der Waals surface area (Å²) in [6.45, 7) is 42.2. The van der Waals surface area contributed by atoms with Crippen LogP contribution in [0.1, 0.15) is 271 Å². The molecule has 4 saturated carbocycles. The number of allylic oxidation sites excluding steroid dienone is 2. The number of alkyl halides is 2. The molecule has 4 amide bonds. The fourth-order valence-corrected chi connectivity index (χ4v) is 12.5. The van der Waals surface area contributed by atoms with Gasteiger partial charge in [0, 0.05) is 58.6 Å². The summed E-state index contributed by atoms with van der Waals surface area (Å²) in [5.74, 6) is -1.78. The number of amides is 4. The topological polar surface area (TPSA) is 403 Å². The zero-order valence-electron chi connectivity index (χ0n) is 81.7. The van der Waals surface area contributed by atoms with Crippen LogP contribution in [0.2, 0.25) is 0 Å². The van der Waals surface area contributed by atoms with Crippen molar-refractivity contribution in [2.24, 2.45) is 23.5 Å². The molecule has 30 nitrogen and oxygen atoms in total. The summed E-state index contributed by atoms with van der Waals surface area (Å²) in [5, 5.41) is 22.6. The number of nitrogens with two attached hydrogens (primary N) is 1. The first-order valence-electron chi connectivity index (χ1n) is 43.3. The van der Waals surface area contributed by atoms with Gasteiger partial charge in [-0.2, -0.15) is 51.1 Å². The predicted octanol–water partition coefficient (Wildman–Crippen LogP) is 9.32. The normalized spacial score (nSPS) is 23.0. The number of carbonyl (C=O) groups is 9. The molecule has 4 saturated heterocycles. The van der Waals surface area contributed by atoms with E-state index < -0.39 is 109 Å². The van der Waals surface area contributed by atoms with Gasteiger partial charge in [-0.3, -0.25) is 43.1 Å². The van der Waals surface area contributed by atoms with E-state index in [9.17, 15) is 52.1 Å². The van der Waals surface area contributed by atoms with E-state index in [0.29, 0.717) is 19.2 Å². The maximum absolute atomic E-state index is 15.8. The summed E-state index contributed by atoms with van der Waals surface area (Å²) in [6, 6.07) is 7.29. The minimum Gasteiger partial charge on any atom is -1.00 e. The Bertz CT molecular complexity index is 3430. The second-order valence-corrected chi connectivity index (χ2v) is 35.5. The van der Waals surface area contributed by atoms with Gasteiger partial charge in [-0.1, -0.05) is 52.8 Å². The number of para-hydroxylation sites is 1. The van der Waals surface area contributed by atoms with Crippen molar-refractivity contribution in [2.45, 2.75) is 352 Å². The van der Waals surface area contributed by atoms with Crippen LogP contribution in [0.25, 0.3) is 0 Å². The first-order valence-corrected chi connectivity index (χ1v) is 43.8. The molecule has 129 heavy (non-hydrogen) atoms. The van der Waals surface area contributed by atoms with Gasteiger partial charge >= 0.3 is 89.9 Å². The summed E-state index contributed by atoms with van der Waals surface area (Å²) in [5.41, 5.74) is 0.587. The molecule has 1 aromatic carbocycles. The Morgan fingerprint density at radius 2 is 0.992 bits per heavy atom. The van der Waals surface area contributed by atoms with Crippen molar-refractivity contribution < 1.29 is 156 Å². The van der Waals surface area contributed by atoms with Gasteiger partial charge in [-0.15, -0.1) is 50.0 Å². The molecule has 0 bridgehead atoms. The number of ketones is 2. The number of nitrogens with zero attached hydrogens (tertiary/aromatic N) is 2. The van der Waals surface area contributed by atoms with E-state index in [-0.39, 0.29) is 200 Å². The fourth-order valence-electron chi connectivity index (χ4n) is 10.6. The number of nitrogens with one attached hydrogen (secondary N) is 2. The molecule has 0 aromatic heterocycles. The van der Waals surface area contributed by atoms with Gasteiger partial charge in [-0.05, 0) is 203 Å². The fraction of sp³-hybridized carbons (Fsp3) is 0.730. The number of aliphatic hydroxyl groups excluding tert-OH is 2. The predicted molar refractivity (Wildman–Crippen MR) is 491 cm³/mol. The molecule has 1 aromatic rings. The molecule has 0 unspecified atom stereocenters. The number of carbonyl (C=O) groups excluding carboxylic acids is 11. The van der Waals surface area contributed by atoms with Crippen LogP contribution in [0.3, 0.4) is 0 Å². The van der Waals surface area contributed by atoms with Gasteiger partial charge in [0.15, 0.2) is 35.4 Å². The Balaban J connectivity index is -0.000000194. The first kappa shape index (κ1) is 137. The van der Waals surface area contributed by atoms with Crippen LogP contribution in [0.15, 0.2) is 54.9 Å². The van der Waals surface area contributed by atoms with Gasteiger partial charge in [0.2, 0.25) is 11.8 Å². The minimum absolute atomic E-state index is 0. The molecule has 11 rings (SSSR count). The third-order valence-electron chi connectivity index (χ3n) is 18.5. The van der Waals surface area contributed by atoms with Gasteiger partial charge in [0.1, 0.15) is 48.7 Å². The monoisotopic (exact) mass is 1980 g/mol. The van der Waals surface area contributed by atoms with Crippen LogP contribution in [0, 0.1) is 42.4 Å². The second-order valence-electron chi connectivity index (χ2n) is 33.5. The van der Waals surface area contributed by atoms with E-state index in [2.05, 4.69) is 58.6 Å². The third-order valence-corrected chi connectivity index (χ3v) is 20.5. The Kier molecular flexibility index (Phi) is 81.6. The van der Waals surface area contributed by atoms with Crippen LogP contribution in [0.5, 0.6) is 5.75 Å². The van der Waals surface area contributed by atoms with Gasteiger partial charge < -0.3 is 110 Å². The van der Waals surface area contributed by atoms with Crippen LogP contribution in [-0.4, -0.2) is 262 Å². The van der Waals surface area contributed by atoms with Crippen molar-refractivity contribution in [3.8, 4) is 18.6 Å². The van der Waals surface area contributed by atoms with Gasteiger partial charge in [0.05, 0.1) is 56.4 Å². The molecule has 0 spiro atoms. The molecule has 740 valence electrons. The minimum atomic E-state index is -3.92. The second kappa shape index (κ2) is 76.6. The van der Waals surface area contributed by atoms with E-state index in [1.54, 1.807) is 92.6 Å². The Labute approximate surface area is 833 Å². The van der Waals surface area contributed by atoms with E-state index in [4.69, 9.17) is 80.0 Å². The number of terminal acetylenes is 1. The molecule has 6 heterocycles. The van der Waals surface area contributed by atoms with Crippen molar-refractivity contribution in [1.82, 2.24) is 20.4 Å². The van der Waals surface area contributed by atoms with Crippen molar-refractivity contribution in [1.29, 1.82) is 0 Å². The number of ether oxygens (including phenoxy) is 9. The molecule has 10 aliphatic rings. The average molecular weight is 1990 g/mol. The molecular formula is C89H151Cl5F2Mg2N5O25P. The number of alkyl carbamates (subject to hydrolysis) is 2. The number of halogens is 7. The summed E-state index contributed by atoms with van der Waals surface area (Å²) >= 11 is 0. The summed E-state index contributed by atoms with van der Waals surface area (Å²) in [6.07, 6.45) is 22.6. The molecule has 0 radical (unpaired) electrons. The van der Waals surface area contributed by atoms with E-state index in [1.165, 1.54) is 95.2 Å². The standard InChI is InChI=1S/C26H33FNO8P.C12H16FNO4.C12H21NO4.C7H13NO2.C7H15NO2.3C4H8O.2C4H9.C2H6.C2H2.CO2.5ClH.2Mg/c1-17(24(31)34-20-10-7-11-20)16-37(32,36-21-8-5-4-6-9-21)33-15-22-18(2)26(3,27)25(35-22)28-13-12-19(29)14-23(28)30;1-7-9(6-15)18-11(12(7,2)13)14-4-3-8(16)5-10(14)17;1-8(10(14)16-9-6-5-7-9)13-11(15)17-12(2,3)4;1-5(8)7(9)10-6-3-2-4-6;1-5-8-6(9)10-7(2,3)4;2*1-2-4-5-3-1;5-4-2-1-3-4;2*1-4(2)3;2*1-2;2-1-3;;;;;;;/h4-6,8-9,12-13,17-18,20,22,25H,7,10-11,14-16H2,1-3H3;3-4,7,9,11,15H,5-6H2,1-2H3;8-9H,5-7H2,1-4H3,(H,13,15);5-6H,2-4,8H2,1H3;5H2,1-4H3,(H,8,9);2*1-4H2;4-5H,1-3H2;2*1-3H3;1-2H3;1-2H;;5*1H;;/q;;;;;;;;2*-1;;;;;;;;;2*+2/p-2/t17-,18-,22-,25-,26-,37-;7-,9-,11-,12-;8-;5-;;;;;;;;;;;;;;;;/m1100................/s1/i;;;;;;;;;;2*1D;;;;;;;;. The molecule has 40 heteroatoms. The molecule has 12 atom stereocenters. The zero-order valence-corrected chi connectivity index (χ0v) is 87.4. The van der Waals surface area contributed by atoms with Gasteiger partial charge in [-0.25, -0.2) is 27.7 Å². The maximum atomic E-state index is 15.8. The number of benzene rings is 1. The zero-order chi connectivity index (χ0) is 95.2. The van der Waals surface area contributed by atoms with E-state index >= 15 is 4.39 Å². The third kappa shape index (κ3) is 62.7. The smallest absolute Gasteiger partial charge is 1.00 e. The number of aliphatic hydroxyl groups is 2. The van der Waals surface area contributed by atoms with Crippen molar-refractivity contribution in [3.05, 3.63) is 66.7 Å².